The van der Waals surface area contributed by atoms with E-state index in [9.17, 15) is 22.8 Å². The van der Waals surface area contributed by atoms with E-state index in [-0.39, 0.29) is 43.3 Å². The van der Waals surface area contributed by atoms with Crippen LogP contribution in [0.1, 0.15) is 66.3 Å². The van der Waals surface area contributed by atoms with Gasteiger partial charge in [0.15, 0.2) is 5.69 Å². The van der Waals surface area contributed by atoms with Gasteiger partial charge in [-0.15, -0.1) is 0 Å². The molecule has 2 saturated carbocycles. The molecule has 7 nitrogen and oxygen atoms in total. The number of aliphatic hydroxyl groups excluding tert-OH is 1. The second kappa shape index (κ2) is 10.8. The van der Waals surface area contributed by atoms with Crippen LogP contribution in [0.25, 0.3) is 5.52 Å². The zero-order chi connectivity index (χ0) is 24.6. The van der Waals surface area contributed by atoms with Crippen molar-refractivity contribution >= 4 is 30.8 Å². The molecule has 3 fully saturated rings. The van der Waals surface area contributed by atoms with Gasteiger partial charge in [-0.1, -0.05) is 13.3 Å². The van der Waals surface area contributed by atoms with Crippen molar-refractivity contribution in [1.82, 2.24) is 19.8 Å². The van der Waals surface area contributed by atoms with Crippen LogP contribution in [0, 0.1) is 18.8 Å². The Kier molecular flexibility index (Phi) is 8.41. The number of aliphatic hydroxyl groups is 1. The number of unbranched alkanes of at least 4 members (excludes halogenated alkanes) is 1. The molecule has 0 radical (unpaired) electrons. The molecule has 5 rings (SSSR count). The summed E-state index contributed by atoms with van der Waals surface area (Å²) < 4.78 is 41.5. The van der Waals surface area contributed by atoms with E-state index in [0.717, 1.165) is 41.7 Å². The molecular weight excluding hydrogens is 481 g/mol. The Morgan fingerprint density at radius 3 is 2.54 bits per heavy atom. The predicted molar refractivity (Wildman–Crippen MR) is 130 cm³/mol. The standard InChI is InChI=1S/C18H21F3N4O2.C6H10O.H2S/c1-3-4-5-12-8-13-11(2)16(17(27)24-7-6-22-15(26)10-24)23-25(13)14(9-12)18(19,20)21;7-6-2-1-4-3-5(4)6;/h8-9H,3-7,10H2,1-2H3,(H,22,26);4-7H,1-3H2;1H2. The molecule has 3 aliphatic rings. The van der Waals surface area contributed by atoms with Gasteiger partial charge in [0.05, 0.1) is 18.2 Å². The molecule has 2 aliphatic carbocycles. The third-order valence-electron chi connectivity index (χ3n) is 6.98. The number of fused-ring (bicyclic) bond motifs is 2. The van der Waals surface area contributed by atoms with Gasteiger partial charge < -0.3 is 15.3 Å². The molecule has 0 bridgehead atoms. The smallest absolute Gasteiger partial charge is 0.393 e. The van der Waals surface area contributed by atoms with Crippen LogP contribution in [0.3, 0.4) is 0 Å². The van der Waals surface area contributed by atoms with Crippen LogP contribution < -0.4 is 5.32 Å². The zero-order valence-electron chi connectivity index (χ0n) is 20.0. The number of aromatic nitrogens is 2. The average Bonchev–Trinajstić information content (AvgIpc) is 3.40. The summed E-state index contributed by atoms with van der Waals surface area (Å²) >= 11 is 0. The molecule has 3 unspecified atom stereocenters. The number of carbonyl (C=O) groups is 2. The van der Waals surface area contributed by atoms with E-state index in [2.05, 4.69) is 10.4 Å². The Hall–Kier alpha value is -2.27. The number of rotatable bonds is 4. The quantitative estimate of drug-likeness (QED) is 0.654. The Morgan fingerprint density at radius 1 is 1.29 bits per heavy atom. The fourth-order valence-electron chi connectivity index (χ4n) is 4.88. The molecule has 11 heteroatoms. The zero-order valence-corrected chi connectivity index (χ0v) is 21.0. The molecule has 2 amide bonds. The van der Waals surface area contributed by atoms with Gasteiger partial charge in [-0.3, -0.25) is 9.59 Å². The number of pyridine rings is 1. The predicted octanol–water partition coefficient (Wildman–Crippen LogP) is 3.47. The summed E-state index contributed by atoms with van der Waals surface area (Å²) in [4.78, 5) is 25.6. The lowest BCUT2D eigenvalue weighted by atomic mass is 10.1. The SMILES string of the molecule is CCCCc1cc(C(F)(F)F)n2nc(C(=O)N3CCNC(=O)C3)c(C)c2c1.OC1CCC2CC12.S. The highest BCUT2D eigenvalue weighted by molar-refractivity contribution is 7.59. The number of alkyl halides is 3. The highest BCUT2D eigenvalue weighted by Gasteiger charge is 2.47. The van der Waals surface area contributed by atoms with Gasteiger partial charge in [-0.25, -0.2) is 4.52 Å². The van der Waals surface area contributed by atoms with Crippen LogP contribution in [0.2, 0.25) is 0 Å². The van der Waals surface area contributed by atoms with Crippen molar-refractivity contribution in [3.05, 3.63) is 34.6 Å². The fraction of sp³-hybridized carbons (Fsp3) is 0.625. The van der Waals surface area contributed by atoms with Crippen molar-refractivity contribution in [2.45, 2.75) is 64.7 Å². The normalized spacial score (nSPS) is 23.2. The molecule has 0 aromatic carbocycles. The minimum absolute atomic E-state index is 0. The Labute approximate surface area is 209 Å². The lowest BCUT2D eigenvalue weighted by molar-refractivity contribution is -0.142. The van der Waals surface area contributed by atoms with E-state index >= 15 is 0 Å². The molecule has 2 aromatic heterocycles. The second-order valence-electron chi connectivity index (χ2n) is 9.50. The van der Waals surface area contributed by atoms with Crippen molar-refractivity contribution in [2.24, 2.45) is 11.8 Å². The van der Waals surface area contributed by atoms with Crippen molar-refractivity contribution in [1.29, 1.82) is 0 Å². The van der Waals surface area contributed by atoms with Crippen LogP contribution in [0.4, 0.5) is 13.2 Å². The molecule has 0 spiro atoms. The Balaban J connectivity index is 0.000000362. The van der Waals surface area contributed by atoms with Crippen LogP contribution in [0.5, 0.6) is 0 Å². The van der Waals surface area contributed by atoms with E-state index < -0.39 is 17.8 Å². The molecule has 35 heavy (non-hydrogen) atoms. The summed E-state index contributed by atoms with van der Waals surface area (Å²) in [5.41, 5.74) is 0.263. The van der Waals surface area contributed by atoms with Crippen LogP contribution in [-0.2, 0) is 17.4 Å². The monoisotopic (exact) mass is 514 g/mol. The largest absolute Gasteiger partial charge is 0.433 e. The van der Waals surface area contributed by atoms with Gasteiger partial charge in [0.1, 0.15) is 5.69 Å². The van der Waals surface area contributed by atoms with Crippen molar-refractivity contribution in [3.63, 3.8) is 0 Å². The summed E-state index contributed by atoms with van der Waals surface area (Å²) in [6, 6.07) is 2.75. The summed E-state index contributed by atoms with van der Waals surface area (Å²) in [6.07, 6.45) is 1.36. The van der Waals surface area contributed by atoms with E-state index in [1.165, 1.54) is 17.7 Å². The number of amides is 2. The maximum absolute atomic E-state index is 13.6. The third-order valence-corrected chi connectivity index (χ3v) is 6.98. The number of halogens is 3. The van der Waals surface area contributed by atoms with Crippen molar-refractivity contribution in [2.75, 3.05) is 19.6 Å². The molecule has 3 heterocycles. The van der Waals surface area contributed by atoms with Gasteiger partial charge >= 0.3 is 6.18 Å². The van der Waals surface area contributed by atoms with Gasteiger partial charge in [-0.05, 0) is 68.6 Å². The van der Waals surface area contributed by atoms with E-state index in [1.54, 1.807) is 13.0 Å². The van der Waals surface area contributed by atoms with Crippen LogP contribution >= 0.6 is 13.5 Å². The first-order chi connectivity index (χ1) is 16.1. The lowest BCUT2D eigenvalue weighted by Crippen LogP contribution is -2.50. The van der Waals surface area contributed by atoms with Gasteiger partial charge in [0.25, 0.3) is 5.91 Å². The van der Waals surface area contributed by atoms with Crippen molar-refractivity contribution < 1.29 is 27.9 Å². The van der Waals surface area contributed by atoms with E-state index in [4.69, 9.17) is 5.11 Å². The number of piperazine rings is 1. The number of nitrogens with one attached hydrogen (secondary N) is 1. The minimum Gasteiger partial charge on any atom is -0.393 e. The Morgan fingerprint density at radius 2 is 2.03 bits per heavy atom. The summed E-state index contributed by atoms with van der Waals surface area (Å²) in [7, 11) is 0. The molecule has 2 N–H and O–H groups in total. The van der Waals surface area contributed by atoms with E-state index in [0.29, 0.717) is 30.6 Å². The summed E-state index contributed by atoms with van der Waals surface area (Å²) in [6.45, 7) is 4.04. The topological polar surface area (TPSA) is 86.9 Å². The van der Waals surface area contributed by atoms with Crippen LogP contribution in [-0.4, -0.2) is 57.2 Å². The van der Waals surface area contributed by atoms with E-state index in [1.807, 2.05) is 6.92 Å². The number of hydrogen-bond acceptors (Lipinski definition) is 4. The first-order valence-electron chi connectivity index (χ1n) is 11.9. The number of hydrogen-bond donors (Lipinski definition) is 2. The van der Waals surface area contributed by atoms with Gasteiger partial charge in [-0.2, -0.15) is 31.8 Å². The third kappa shape index (κ3) is 5.94. The molecule has 1 saturated heterocycles. The van der Waals surface area contributed by atoms with Gasteiger partial charge in [0, 0.05) is 18.7 Å². The van der Waals surface area contributed by atoms with Gasteiger partial charge in [0.2, 0.25) is 5.91 Å². The first kappa shape index (κ1) is 27.3. The average molecular weight is 515 g/mol. The molecule has 194 valence electrons. The number of aryl methyl sites for hydroxylation is 2. The first-order valence-corrected chi connectivity index (χ1v) is 11.9. The highest BCUT2D eigenvalue weighted by Crippen LogP contribution is 2.51. The molecule has 1 aliphatic heterocycles. The maximum Gasteiger partial charge on any atom is 0.433 e. The van der Waals surface area contributed by atoms with Crippen LogP contribution in [0.15, 0.2) is 12.1 Å². The summed E-state index contributed by atoms with van der Waals surface area (Å²) in [5, 5.41) is 15.6. The summed E-state index contributed by atoms with van der Waals surface area (Å²) in [5.74, 6) is 0.845. The lowest BCUT2D eigenvalue weighted by Gasteiger charge is -2.26. The van der Waals surface area contributed by atoms with Crippen molar-refractivity contribution in [3.8, 4) is 0 Å². The maximum atomic E-state index is 13.6. The minimum atomic E-state index is -4.59. The number of carbonyl (C=O) groups excluding carboxylic acids is 2. The Bertz CT molecular complexity index is 1090. The number of nitrogens with zero attached hydrogens (tertiary/aromatic N) is 3. The second-order valence-corrected chi connectivity index (χ2v) is 9.50. The molecule has 3 atom stereocenters. The highest BCUT2D eigenvalue weighted by atomic mass is 32.1. The molecule has 2 aromatic rings. The fourth-order valence-corrected chi connectivity index (χ4v) is 4.88. The molecular formula is C24H33F3N4O3S.